The van der Waals surface area contributed by atoms with Crippen LogP contribution in [-0.4, -0.2) is 15.0 Å². The minimum atomic E-state index is 0.113. The van der Waals surface area contributed by atoms with Gasteiger partial charge in [0, 0.05) is 0 Å². The lowest BCUT2D eigenvalue weighted by molar-refractivity contribution is 0.270. The molecule has 5 heteroatoms. The lowest BCUT2D eigenvalue weighted by Gasteiger charge is -2.30. The number of aromatic nitrogens is 2. The molecule has 1 aromatic heterocycles. The zero-order valence-corrected chi connectivity index (χ0v) is 8.72. The summed E-state index contributed by atoms with van der Waals surface area (Å²) in [6.45, 7) is 6.48. The van der Waals surface area contributed by atoms with Crippen molar-refractivity contribution in [3.63, 3.8) is 0 Å². The molecule has 13 heavy (non-hydrogen) atoms. The lowest BCUT2D eigenvalue weighted by atomic mass is 9.84. The van der Waals surface area contributed by atoms with Crippen LogP contribution in [0.2, 0.25) is 0 Å². The highest BCUT2D eigenvalue weighted by Crippen LogP contribution is 2.34. The summed E-state index contributed by atoms with van der Waals surface area (Å²) < 4.78 is 8.44. The number of fused-ring (bicyclic) bond motifs is 1. The van der Waals surface area contributed by atoms with E-state index in [1.54, 1.807) is 6.21 Å². The van der Waals surface area contributed by atoms with Crippen LogP contribution in [0, 0.1) is 5.41 Å². The topological polar surface area (TPSA) is 50.2 Å². The van der Waals surface area contributed by atoms with E-state index in [0.29, 0.717) is 0 Å². The molecule has 1 atom stereocenters. The summed E-state index contributed by atoms with van der Waals surface area (Å²) in [5.74, 6) is 0. The summed E-state index contributed by atoms with van der Waals surface area (Å²) in [7, 11) is 0. The summed E-state index contributed by atoms with van der Waals surface area (Å²) in [4.78, 5) is 0. The van der Waals surface area contributed by atoms with Crippen molar-refractivity contribution in [2.45, 2.75) is 26.8 Å². The largest absolute Gasteiger partial charge is 0.300 e. The zero-order chi connectivity index (χ0) is 9.47. The molecule has 1 aliphatic rings. The SMILES string of the molecule is CC(C)(C)C1NN=Cc2nsnc21. The van der Waals surface area contributed by atoms with Gasteiger partial charge in [-0.1, -0.05) is 20.8 Å². The van der Waals surface area contributed by atoms with E-state index in [0.717, 1.165) is 11.4 Å². The lowest BCUT2D eigenvalue weighted by Crippen LogP contribution is -2.32. The molecule has 0 saturated heterocycles. The van der Waals surface area contributed by atoms with Gasteiger partial charge in [-0.25, -0.2) is 0 Å². The maximum absolute atomic E-state index is 4.28. The third-order valence-corrected chi connectivity index (χ3v) is 2.63. The first-order valence-corrected chi connectivity index (χ1v) is 4.93. The molecule has 0 amide bonds. The number of nitrogens with one attached hydrogen (secondary N) is 1. The van der Waals surface area contributed by atoms with Crippen molar-refractivity contribution in [3.8, 4) is 0 Å². The van der Waals surface area contributed by atoms with Crippen molar-refractivity contribution in [2.75, 3.05) is 0 Å². The van der Waals surface area contributed by atoms with Gasteiger partial charge in [-0.15, -0.1) is 0 Å². The summed E-state index contributed by atoms with van der Waals surface area (Å²) >= 11 is 1.24. The van der Waals surface area contributed by atoms with Crippen molar-refractivity contribution in [1.82, 2.24) is 14.2 Å². The van der Waals surface area contributed by atoms with Gasteiger partial charge in [0.2, 0.25) is 0 Å². The molecule has 2 rings (SSSR count). The number of rotatable bonds is 0. The molecule has 0 aliphatic carbocycles. The summed E-state index contributed by atoms with van der Waals surface area (Å²) in [6, 6.07) is 0.172. The van der Waals surface area contributed by atoms with E-state index in [9.17, 15) is 0 Å². The summed E-state index contributed by atoms with van der Waals surface area (Å²) in [6.07, 6.45) is 1.72. The van der Waals surface area contributed by atoms with Crippen molar-refractivity contribution in [2.24, 2.45) is 10.5 Å². The average Bonchev–Trinajstić information content (AvgIpc) is 2.48. The van der Waals surface area contributed by atoms with Crippen molar-refractivity contribution in [1.29, 1.82) is 0 Å². The van der Waals surface area contributed by atoms with E-state index in [1.165, 1.54) is 11.7 Å². The van der Waals surface area contributed by atoms with Crippen molar-refractivity contribution >= 4 is 17.9 Å². The minimum absolute atomic E-state index is 0.113. The molecule has 1 N–H and O–H groups in total. The van der Waals surface area contributed by atoms with Crippen LogP contribution in [0.15, 0.2) is 5.10 Å². The van der Waals surface area contributed by atoms with Crippen LogP contribution < -0.4 is 5.43 Å². The minimum Gasteiger partial charge on any atom is -0.300 e. The second-order valence-corrected chi connectivity index (χ2v) is 4.75. The number of hydrogen-bond donors (Lipinski definition) is 1. The van der Waals surface area contributed by atoms with Gasteiger partial charge in [0.05, 0.1) is 24.0 Å². The van der Waals surface area contributed by atoms with Gasteiger partial charge in [0.15, 0.2) is 0 Å². The smallest absolute Gasteiger partial charge is 0.122 e. The summed E-state index contributed by atoms with van der Waals surface area (Å²) in [5.41, 5.74) is 5.12. The van der Waals surface area contributed by atoms with Crippen LogP contribution in [0.25, 0.3) is 0 Å². The number of hydrazone groups is 1. The standard InChI is InChI=1S/C8H12N4S/c1-8(2,3)7-6-5(4-9-10-7)11-13-12-6/h4,7,10H,1-3H3. The van der Waals surface area contributed by atoms with Crippen LogP contribution in [0.5, 0.6) is 0 Å². The van der Waals surface area contributed by atoms with E-state index >= 15 is 0 Å². The van der Waals surface area contributed by atoms with Gasteiger partial charge in [-0.3, -0.25) is 0 Å². The molecular weight excluding hydrogens is 184 g/mol. The third kappa shape index (κ3) is 1.44. The van der Waals surface area contributed by atoms with Gasteiger partial charge in [-0.2, -0.15) is 13.8 Å². The van der Waals surface area contributed by atoms with Gasteiger partial charge in [0.25, 0.3) is 0 Å². The molecule has 1 unspecified atom stereocenters. The fraction of sp³-hybridized carbons (Fsp3) is 0.625. The predicted molar refractivity (Wildman–Crippen MR) is 52.8 cm³/mol. The first kappa shape index (κ1) is 8.62. The molecule has 2 heterocycles. The third-order valence-electron chi connectivity index (χ3n) is 2.07. The zero-order valence-electron chi connectivity index (χ0n) is 7.90. The Hall–Kier alpha value is -0.970. The highest BCUT2D eigenvalue weighted by molar-refractivity contribution is 6.99. The fourth-order valence-corrected chi connectivity index (χ4v) is 1.89. The normalized spacial score (nSPS) is 21.0. The van der Waals surface area contributed by atoms with Crippen LogP contribution in [0.4, 0.5) is 0 Å². The highest BCUT2D eigenvalue weighted by atomic mass is 32.1. The molecule has 0 bridgehead atoms. The van der Waals surface area contributed by atoms with E-state index in [4.69, 9.17) is 0 Å². The van der Waals surface area contributed by atoms with Crippen LogP contribution >= 0.6 is 11.7 Å². The number of nitrogens with zero attached hydrogens (tertiary/aromatic N) is 3. The van der Waals surface area contributed by atoms with E-state index in [2.05, 4.69) is 40.0 Å². The molecule has 1 aliphatic heterocycles. The van der Waals surface area contributed by atoms with Crippen LogP contribution in [0.1, 0.15) is 38.2 Å². The molecule has 4 nitrogen and oxygen atoms in total. The Morgan fingerprint density at radius 3 is 2.85 bits per heavy atom. The molecule has 70 valence electrons. The van der Waals surface area contributed by atoms with E-state index in [1.807, 2.05) is 0 Å². The highest BCUT2D eigenvalue weighted by Gasteiger charge is 2.32. The fourth-order valence-electron chi connectivity index (χ4n) is 1.33. The van der Waals surface area contributed by atoms with E-state index < -0.39 is 0 Å². The maximum Gasteiger partial charge on any atom is 0.122 e. The Morgan fingerprint density at radius 2 is 2.15 bits per heavy atom. The van der Waals surface area contributed by atoms with Gasteiger partial charge < -0.3 is 5.43 Å². The van der Waals surface area contributed by atoms with Crippen molar-refractivity contribution in [3.05, 3.63) is 11.4 Å². The second-order valence-electron chi connectivity index (χ2n) is 4.22. The van der Waals surface area contributed by atoms with Crippen LogP contribution in [0.3, 0.4) is 0 Å². The quantitative estimate of drug-likeness (QED) is 0.685. The average molecular weight is 196 g/mol. The Labute approximate surface area is 81.4 Å². The Bertz CT molecular complexity index is 336. The van der Waals surface area contributed by atoms with Gasteiger partial charge in [-0.05, 0) is 5.41 Å². The van der Waals surface area contributed by atoms with Crippen LogP contribution in [-0.2, 0) is 0 Å². The van der Waals surface area contributed by atoms with Gasteiger partial charge >= 0.3 is 0 Å². The van der Waals surface area contributed by atoms with Gasteiger partial charge in [0.1, 0.15) is 11.4 Å². The Kier molecular flexibility index (Phi) is 1.83. The Morgan fingerprint density at radius 1 is 1.38 bits per heavy atom. The predicted octanol–water partition coefficient (Wildman–Crippen LogP) is 1.56. The molecule has 0 aromatic carbocycles. The molecule has 0 radical (unpaired) electrons. The molecule has 1 aromatic rings. The molecule has 0 spiro atoms. The maximum atomic E-state index is 4.28. The monoisotopic (exact) mass is 196 g/mol. The van der Waals surface area contributed by atoms with E-state index in [-0.39, 0.29) is 11.5 Å². The number of hydrogen-bond acceptors (Lipinski definition) is 5. The summed E-state index contributed by atoms with van der Waals surface area (Å²) in [5, 5.41) is 4.07. The second kappa shape index (κ2) is 2.77. The molecule has 0 saturated carbocycles. The first-order chi connectivity index (χ1) is 6.09. The Balaban J connectivity index is 2.41. The molecule has 0 fully saturated rings. The first-order valence-electron chi connectivity index (χ1n) is 4.20. The molecular formula is C8H12N4S. The van der Waals surface area contributed by atoms with Crippen molar-refractivity contribution < 1.29 is 0 Å².